The van der Waals surface area contributed by atoms with Crippen molar-refractivity contribution in [2.75, 3.05) is 0 Å². The predicted octanol–water partition coefficient (Wildman–Crippen LogP) is 2.93. The molecule has 0 aliphatic carbocycles. The first-order valence-electron chi connectivity index (χ1n) is 5.34. The average molecular weight is 331 g/mol. The maximum atomic E-state index is 13.5. The number of nitrogens with zero attached hydrogens (tertiary/aromatic N) is 3. The van der Waals surface area contributed by atoms with Crippen molar-refractivity contribution in [2.45, 2.75) is 18.4 Å². The fraction of sp³-hybridized carbons (Fsp3) is 0.300. The van der Waals surface area contributed by atoms with E-state index in [4.69, 9.17) is 5.11 Å². The summed E-state index contributed by atoms with van der Waals surface area (Å²) in [5, 5.41) is 14.4. The third-order valence-electron chi connectivity index (χ3n) is 2.65. The normalized spacial score (nSPS) is 13.1. The Morgan fingerprint density at radius 2 is 1.68 bits per heavy atom. The maximum Gasteiger partial charge on any atom is 0.419 e. The smallest absolute Gasteiger partial charge is 0.419 e. The van der Waals surface area contributed by atoms with E-state index < -0.39 is 51.5 Å². The number of hydrogen-bond donors (Lipinski definition) is 1. The van der Waals surface area contributed by atoms with Gasteiger partial charge in [0, 0.05) is 6.07 Å². The summed E-state index contributed by atoms with van der Waals surface area (Å²) in [5.74, 6) is -3.26. The molecule has 0 saturated carbocycles. The molecule has 0 bridgehead atoms. The van der Waals surface area contributed by atoms with Gasteiger partial charge in [-0.3, -0.25) is 0 Å². The summed E-state index contributed by atoms with van der Waals surface area (Å²) in [4.78, 5) is 10.7. The van der Waals surface area contributed by atoms with Crippen LogP contribution in [0, 0.1) is 5.82 Å². The summed E-state index contributed by atoms with van der Waals surface area (Å²) in [6, 6.07) is -3.32. The Hall–Kier alpha value is -2.40. The quantitative estimate of drug-likeness (QED) is 0.859. The van der Waals surface area contributed by atoms with E-state index in [2.05, 4.69) is 10.3 Å². The van der Waals surface area contributed by atoms with Gasteiger partial charge < -0.3 is 5.11 Å². The van der Waals surface area contributed by atoms with Gasteiger partial charge in [0.1, 0.15) is 11.3 Å². The predicted molar refractivity (Wildman–Crippen MR) is 55.6 cm³/mol. The fourth-order valence-electron chi connectivity index (χ4n) is 1.78. The van der Waals surface area contributed by atoms with Crippen LogP contribution in [0.2, 0.25) is 0 Å². The third kappa shape index (κ3) is 2.67. The molecule has 0 radical (unpaired) electrons. The SMILES string of the molecule is O=C(O)c1cc2nnn(C(C(F)(F)F)C(F)(F)F)c2cc1F. The summed E-state index contributed by atoms with van der Waals surface area (Å²) in [6.45, 7) is 0. The molecule has 22 heavy (non-hydrogen) atoms. The Kier molecular flexibility index (Phi) is 3.50. The number of fused-ring (bicyclic) bond motifs is 1. The molecule has 2 aromatic rings. The second-order valence-corrected chi connectivity index (χ2v) is 4.15. The Balaban J connectivity index is 2.71. The monoisotopic (exact) mass is 331 g/mol. The van der Waals surface area contributed by atoms with Gasteiger partial charge in [-0.1, -0.05) is 5.21 Å². The van der Waals surface area contributed by atoms with Crippen LogP contribution in [0.15, 0.2) is 12.1 Å². The fourth-order valence-corrected chi connectivity index (χ4v) is 1.78. The van der Waals surface area contributed by atoms with Crippen LogP contribution in [0.3, 0.4) is 0 Å². The molecule has 1 heterocycles. The van der Waals surface area contributed by atoms with Crippen LogP contribution in [-0.4, -0.2) is 38.4 Å². The molecule has 0 aliphatic rings. The first-order valence-corrected chi connectivity index (χ1v) is 5.34. The van der Waals surface area contributed by atoms with Gasteiger partial charge in [0.15, 0.2) is 0 Å². The molecule has 1 aromatic carbocycles. The van der Waals surface area contributed by atoms with Crippen molar-refractivity contribution in [1.29, 1.82) is 0 Å². The van der Waals surface area contributed by atoms with Crippen molar-refractivity contribution in [3.05, 3.63) is 23.5 Å². The van der Waals surface area contributed by atoms with Crippen molar-refractivity contribution < 1.29 is 40.6 Å². The van der Waals surface area contributed by atoms with E-state index in [1.54, 1.807) is 0 Å². The highest BCUT2D eigenvalue weighted by atomic mass is 19.4. The van der Waals surface area contributed by atoms with Gasteiger partial charge in [-0.25, -0.2) is 13.9 Å². The molecule has 120 valence electrons. The van der Waals surface area contributed by atoms with E-state index in [1.165, 1.54) is 0 Å². The first kappa shape index (κ1) is 16.0. The van der Waals surface area contributed by atoms with Crippen LogP contribution in [0.1, 0.15) is 16.4 Å². The third-order valence-corrected chi connectivity index (χ3v) is 2.65. The Morgan fingerprint density at radius 1 is 1.14 bits per heavy atom. The molecule has 0 saturated heterocycles. The molecule has 1 aromatic heterocycles. The largest absolute Gasteiger partial charge is 0.478 e. The number of rotatable bonds is 2. The van der Waals surface area contributed by atoms with Gasteiger partial charge in [-0.15, -0.1) is 5.10 Å². The standard InChI is InChI=1S/C10H4F7N3O2/c11-4-2-6-5(1-3(4)7(21)22)18-19-20(6)8(9(12,13)14)10(15,16)17/h1-2,8H,(H,21,22). The van der Waals surface area contributed by atoms with Crippen LogP contribution in [0.4, 0.5) is 30.7 Å². The Labute approximate surface area is 115 Å². The highest BCUT2D eigenvalue weighted by Gasteiger charge is 2.59. The minimum absolute atomic E-state index is 0.212. The minimum Gasteiger partial charge on any atom is -0.478 e. The van der Waals surface area contributed by atoms with Gasteiger partial charge in [0.2, 0.25) is 6.04 Å². The van der Waals surface area contributed by atoms with Gasteiger partial charge in [0.25, 0.3) is 0 Å². The van der Waals surface area contributed by atoms with Crippen molar-refractivity contribution in [3.8, 4) is 0 Å². The van der Waals surface area contributed by atoms with Crippen molar-refractivity contribution in [1.82, 2.24) is 15.0 Å². The van der Waals surface area contributed by atoms with Crippen LogP contribution in [-0.2, 0) is 0 Å². The lowest BCUT2D eigenvalue weighted by molar-refractivity contribution is -0.276. The van der Waals surface area contributed by atoms with E-state index >= 15 is 0 Å². The molecule has 0 atom stereocenters. The second kappa shape index (κ2) is 4.81. The summed E-state index contributed by atoms with van der Waals surface area (Å²) in [6.07, 6.45) is -11.5. The van der Waals surface area contributed by atoms with Crippen molar-refractivity contribution in [3.63, 3.8) is 0 Å². The number of carboxylic acids is 1. The van der Waals surface area contributed by atoms with E-state index in [0.29, 0.717) is 6.07 Å². The molecule has 0 aliphatic heterocycles. The van der Waals surface area contributed by atoms with E-state index in [-0.39, 0.29) is 6.07 Å². The minimum atomic E-state index is -5.75. The number of hydrogen-bond acceptors (Lipinski definition) is 3. The number of halogens is 7. The summed E-state index contributed by atoms with van der Waals surface area (Å²) >= 11 is 0. The Morgan fingerprint density at radius 3 is 2.14 bits per heavy atom. The lowest BCUT2D eigenvalue weighted by atomic mass is 10.1. The number of benzene rings is 1. The molecule has 0 fully saturated rings. The molecule has 1 N–H and O–H groups in total. The summed E-state index contributed by atoms with van der Waals surface area (Å²) < 4.78 is 88.6. The first-order chi connectivity index (χ1) is 9.93. The number of carboxylic acid groups (broad SMARTS) is 1. The van der Waals surface area contributed by atoms with E-state index in [9.17, 15) is 35.5 Å². The van der Waals surface area contributed by atoms with Crippen LogP contribution in [0.25, 0.3) is 11.0 Å². The average Bonchev–Trinajstić information content (AvgIpc) is 2.67. The highest BCUT2D eigenvalue weighted by molar-refractivity contribution is 5.92. The maximum absolute atomic E-state index is 13.5. The van der Waals surface area contributed by atoms with Gasteiger partial charge >= 0.3 is 18.3 Å². The zero-order chi connectivity index (χ0) is 16.9. The molecule has 0 spiro atoms. The van der Waals surface area contributed by atoms with Gasteiger partial charge in [-0.05, 0) is 6.07 Å². The zero-order valence-electron chi connectivity index (χ0n) is 10.1. The molecule has 5 nitrogen and oxygen atoms in total. The van der Waals surface area contributed by atoms with Crippen molar-refractivity contribution in [2.24, 2.45) is 0 Å². The number of aromatic carboxylic acids is 1. The summed E-state index contributed by atoms with van der Waals surface area (Å²) in [7, 11) is 0. The summed E-state index contributed by atoms with van der Waals surface area (Å²) in [5.41, 5.74) is -2.49. The molecular weight excluding hydrogens is 327 g/mol. The molecule has 12 heteroatoms. The molecular formula is C10H4F7N3O2. The lowest BCUT2D eigenvalue weighted by Crippen LogP contribution is -2.39. The zero-order valence-corrected chi connectivity index (χ0v) is 10.1. The number of alkyl halides is 6. The van der Waals surface area contributed by atoms with Crippen LogP contribution < -0.4 is 0 Å². The van der Waals surface area contributed by atoms with E-state index in [0.717, 1.165) is 0 Å². The second-order valence-electron chi connectivity index (χ2n) is 4.15. The van der Waals surface area contributed by atoms with Crippen molar-refractivity contribution >= 4 is 17.0 Å². The van der Waals surface area contributed by atoms with Gasteiger partial charge in [0.05, 0.1) is 11.1 Å². The molecule has 0 unspecified atom stereocenters. The van der Waals surface area contributed by atoms with Crippen LogP contribution >= 0.6 is 0 Å². The van der Waals surface area contributed by atoms with E-state index in [1.807, 2.05) is 0 Å². The number of aromatic nitrogens is 3. The lowest BCUT2D eigenvalue weighted by Gasteiger charge is -2.23. The highest BCUT2D eigenvalue weighted by Crippen LogP contribution is 2.43. The van der Waals surface area contributed by atoms with Crippen LogP contribution in [0.5, 0.6) is 0 Å². The molecule has 0 amide bonds. The topological polar surface area (TPSA) is 68.0 Å². The van der Waals surface area contributed by atoms with Gasteiger partial charge in [-0.2, -0.15) is 26.3 Å². The molecule has 2 rings (SSSR count). The number of carbonyl (C=O) groups is 1. The Bertz CT molecular complexity index is 720.